The van der Waals surface area contributed by atoms with Gasteiger partial charge in [0.1, 0.15) is 17.4 Å². The summed E-state index contributed by atoms with van der Waals surface area (Å²) >= 11 is 3.36. The zero-order chi connectivity index (χ0) is 12.7. The highest BCUT2D eigenvalue weighted by Crippen LogP contribution is 2.46. The van der Waals surface area contributed by atoms with Gasteiger partial charge >= 0.3 is 5.97 Å². The summed E-state index contributed by atoms with van der Waals surface area (Å²) in [5.74, 6) is 0.978. The highest BCUT2D eigenvalue weighted by Gasteiger charge is 2.41. The van der Waals surface area contributed by atoms with Gasteiger partial charge in [-0.3, -0.25) is 0 Å². The molecule has 3 atom stereocenters. The predicted octanol–water partition coefficient (Wildman–Crippen LogP) is 3.71. The molecule has 0 aromatic heterocycles. The summed E-state index contributed by atoms with van der Waals surface area (Å²) in [5.41, 5.74) is 0.251. The minimum absolute atomic E-state index is 0.205. The van der Waals surface area contributed by atoms with Gasteiger partial charge in [-0.25, -0.2) is 4.79 Å². The molecule has 4 heteroatoms. The fraction of sp³-hybridized carbons (Fsp3) is 0.500. The van der Waals surface area contributed by atoms with Crippen molar-refractivity contribution in [3.8, 4) is 5.75 Å². The maximum atomic E-state index is 11.2. The number of carboxylic acid groups (broad SMARTS) is 1. The zero-order valence-corrected chi connectivity index (χ0v) is 11.5. The lowest BCUT2D eigenvalue weighted by Gasteiger charge is -2.24. The smallest absolute Gasteiger partial charge is 0.339 e. The van der Waals surface area contributed by atoms with Crippen LogP contribution in [0.3, 0.4) is 0 Å². The van der Waals surface area contributed by atoms with Crippen LogP contribution in [-0.2, 0) is 0 Å². The van der Waals surface area contributed by atoms with E-state index in [1.807, 2.05) is 0 Å². The van der Waals surface area contributed by atoms with E-state index >= 15 is 0 Å². The maximum absolute atomic E-state index is 11.2. The molecular weight excluding hydrogens is 296 g/mol. The first kappa shape index (κ1) is 12.0. The number of rotatable bonds is 3. The summed E-state index contributed by atoms with van der Waals surface area (Å²) < 4.78 is 6.82. The van der Waals surface area contributed by atoms with Crippen LogP contribution in [0.25, 0.3) is 0 Å². The fourth-order valence-corrected chi connectivity index (χ4v) is 3.60. The van der Waals surface area contributed by atoms with Gasteiger partial charge < -0.3 is 9.84 Å². The van der Waals surface area contributed by atoms with E-state index in [2.05, 4.69) is 15.9 Å². The lowest BCUT2D eigenvalue weighted by atomic mass is 9.97. The molecule has 0 amide bonds. The Labute approximate surface area is 114 Å². The lowest BCUT2D eigenvalue weighted by Crippen LogP contribution is -2.24. The number of hydrogen-bond acceptors (Lipinski definition) is 2. The molecule has 1 aromatic carbocycles. The maximum Gasteiger partial charge on any atom is 0.339 e. The quantitative estimate of drug-likeness (QED) is 0.925. The van der Waals surface area contributed by atoms with Crippen molar-refractivity contribution in [1.82, 2.24) is 0 Å². The SMILES string of the molecule is O=C(O)c1ccc(Br)cc1OC1CC2CCC1C2. The largest absolute Gasteiger partial charge is 0.489 e. The molecule has 18 heavy (non-hydrogen) atoms. The molecule has 3 unspecified atom stereocenters. The highest BCUT2D eigenvalue weighted by molar-refractivity contribution is 9.10. The van der Waals surface area contributed by atoms with Crippen molar-refractivity contribution in [3.05, 3.63) is 28.2 Å². The average molecular weight is 311 g/mol. The minimum Gasteiger partial charge on any atom is -0.489 e. The number of benzene rings is 1. The second kappa shape index (κ2) is 4.57. The van der Waals surface area contributed by atoms with Crippen LogP contribution in [0.5, 0.6) is 5.75 Å². The summed E-state index contributed by atoms with van der Waals surface area (Å²) in [7, 11) is 0. The normalized spacial score (nSPS) is 29.5. The molecule has 2 bridgehead atoms. The molecule has 0 saturated heterocycles. The van der Waals surface area contributed by atoms with Gasteiger partial charge in [0.05, 0.1) is 0 Å². The van der Waals surface area contributed by atoms with Crippen LogP contribution in [0.2, 0.25) is 0 Å². The Morgan fingerprint density at radius 3 is 2.78 bits per heavy atom. The van der Waals surface area contributed by atoms with Gasteiger partial charge in [-0.1, -0.05) is 15.9 Å². The Kier molecular flexibility index (Phi) is 3.06. The van der Waals surface area contributed by atoms with Crippen molar-refractivity contribution in [3.63, 3.8) is 0 Å². The molecule has 2 aliphatic carbocycles. The van der Waals surface area contributed by atoms with E-state index in [-0.39, 0.29) is 11.7 Å². The summed E-state index contributed by atoms with van der Waals surface area (Å²) in [6, 6.07) is 5.08. The minimum atomic E-state index is -0.930. The number of aromatic carboxylic acids is 1. The van der Waals surface area contributed by atoms with E-state index < -0.39 is 5.97 Å². The molecule has 0 heterocycles. The molecule has 2 aliphatic rings. The molecule has 3 nitrogen and oxygen atoms in total. The molecule has 1 N–H and O–H groups in total. The third-order valence-electron chi connectivity index (χ3n) is 4.13. The molecule has 1 aromatic rings. The number of carbonyl (C=O) groups is 1. The molecule has 0 radical (unpaired) electrons. The number of fused-ring (bicyclic) bond motifs is 2. The van der Waals surface area contributed by atoms with Gasteiger partial charge in [0.2, 0.25) is 0 Å². The van der Waals surface area contributed by atoms with Crippen molar-refractivity contribution < 1.29 is 14.6 Å². The topological polar surface area (TPSA) is 46.5 Å². The first-order valence-electron chi connectivity index (χ1n) is 6.33. The predicted molar refractivity (Wildman–Crippen MR) is 71.0 cm³/mol. The van der Waals surface area contributed by atoms with E-state index in [1.54, 1.807) is 18.2 Å². The van der Waals surface area contributed by atoms with E-state index in [0.717, 1.165) is 16.8 Å². The standard InChI is InChI=1S/C14H15BrO3/c15-10-3-4-11(14(16)17)13(7-10)18-12-6-8-1-2-9(12)5-8/h3-4,7-9,12H,1-2,5-6H2,(H,16,17). The monoisotopic (exact) mass is 310 g/mol. The zero-order valence-electron chi connectivity index (χ0n) is 9.93. The second-order valence-electron chi connectivity index (χ2n) is 5.28. The molecular formula is C14H15BrO3. The molecule has 2 fully saturated rings. The second-order valence-corrected chi connectivity index (χ2v) is 6.19. The van der Waals surface area contributed by atoms with Crippen molar-refractivity contribution in [2.75, 3.05) is 0 Å². The van der Waals surface area contributed by atoms with Crippen LogP contribution < -0.4 is 4.74 Å². The molecule has 3 rings (SSSR count). The Morgan fingerprint density at radius 2 is 2.17 bits per heavy atom. The Bertz CT molecular complexity index is 486. The Hall–Kier alpha value is -1.03. The summed E-state index contributed by atoms with van der Waals surface area (Å²) in [4.78, 5) is 11.2. The van der Waals surface area contributed by atoms with Crippen molar-refractivity contribution in [2.24, 2.45) is 11.8 Å². The van der Waals surface area contributed by atoms with Crippen molar-refractivity contribution in [2.45, 2.75) is 31.8 Å². The van der Waals surface area contributed by atoms with Gasteiger partial charge in [-0.15, -0.1) is 0 Å². The number of carboxylic acids is 1. The van der Waals surface area contributed by atoms with Crippen molar-refractivity contribution >= 4 is 21.9 Å². The number of ether oxygens (including phenoxy) is 1. The van der Waals surface area contributed by atoms with Gasteiger partial charge in [0, 0.05) is 4.47 Å². The van der Waals surface area contributed by atoms with E-state index in [1.165, 1.54) is 19.3 Å². The summed E-state index contributed by atoms with van der Waals surface area (Å²) in [5, 5.41) is 9.17. The fourth-order valence-electron chi connectivity index (χ4n) is 3.26. The van der Waals surface area contributed by atoms with Crippen LogP contribution in [0.15, 0.2) is 22.7 Å². The molecule has 96 valence electrons. The van der Waals surface area contributed by atoms with Crippen LogP contribution >= 0.6 is 15.9 Å². The Morgan fingerprint density at radius 1 is 1.33 bits per heavy atom. The third-order valence-corrected chi connectivity index (χ3v) is 4.62. The van der Waals surface area contributed by atoms with Crippen LogP contribution in [-0.4, -0.2) is 17.2 Å². The van der Waals surface area contributed by atoms with Crippen LogP contribution in [0, 0.1) is 11.8 Å². The lowest BCUT2D eigenvalue weighted by molar-refractivity contribution is 0.0683. The van der Waals surface area contributed by atoms with Gasteiger partial charge in [0.15, 0.2) is 0 Å². The van der Waals surface area contributed by atoms with Crippen molar-refractivity contribution in [1.29, 1.82) is 0 Å². The Balaban J connectivity index is 1.83. The molecule has 0 aliphatic heterocycles. The van der Waals surface area contributed by atoms with Crippen LogP contribution in [0.4, 0.5) is 0 Å². The number of hydrogen-bond donors (Lipinski definition) is 1. The molecule has 2 saturated carbocycles. The van der Waals surface area contributed by atoms with E-state index in [9.17, 15) is 4.79 Å². The van der Waals surface area contributed by atoms with E-state index in [4.69, 9.17) is 9.84 Å². The summed E-state index contributed by atoms with van der Waals surface area (Å²) in [6.45, 7) is 0. The van der Waals surface area contributed by atoms with Crippen LogP contribution in [0.1, 0.15) is 36.0 Å². The number of halogens is 1. The third kappa shape index (κ3) is 2.14. The van der Waals surface area contributed by atoms with E-state index in [0.29, 0.717) is 11.7 Å². The average Bonchev–Trinajstić information content (AvgIpc) is 2.90. The van der Waals surface area contributed by atoms with Gasteiger partial charge in [0.25, 0.3) is 0 Å². The van der Waals surface area contributed by atoms with Gasteiger partial charge in [-0.05, 0) is 55.7 Å². The van der Waals surface area contributed by atoms with Gasteiger partial charge in [-0.2, -0.15) is 0 Å². The first-order chi connectivity index (χ1) is 8.63. The molecule has 0 spiro atoms. The first-order valence-corrected chi connectivity index (χ1v) is 7.12. The summed E-state index contributed by atoms with van der Waals surface area (Å²) in [6.07, 6.45) is 5.08. The highest BCUT2D eigenvalue weighted by atomic mass is 79.9.